The maximum atomic E-state index is 12.9. The van der Waals surface area contributed by atoms with Crippen LogP contribution in [0.5, 0.6) is 0 Å². The molecule has 6 nitrogen and oxygen atoms in total. The number of hydrogen-bond acceptors (Lipinski definition) is 6. The average Bonchev–Trinajstić information content (AvgIpc) is 3.50. The molecule has 0 aromatic carbocycles. The van der Waals surface area contributed by atoms with Crippen molar-refractivity contribution in [3.8, 4) is 0 Å². The molecule has 462 valence electrons. The third-order valence-corrected chi connectivity index (χ3v) is 13.1. The molecule has 0 amide bonds. The van der Waals surface area contributed by atoms with Gasteiger partial charge in [-0.2, -0.15) is 0 Å². The van der Waals surface area contributed by atoms with E-state index < -0.39 is 6.10 Å². The number of allylic oxidation sites excluding steroid dienone is 32. The minimum Gasteiger partial charge on any atom is -0.462 e. The Morgan fingerprint density at radius 3 is 0.699 bits per heavy atom. The van der Waals surface area contributed by atoms with Gasteiger partial charge in [-0.05, 0) is 161 Å². The molecule has 83 heavy (non-hydrogen) atoms. The first-order chi connectivity index (χ1) is 41.0. The molecule has 0 N–H and O–H groups in total. The molecule has 0 saturated heterocycles. The Kier molecular flexibility index (Phi) is 64.0. The molecule has 0 spiro atoms. The van der Waals surface area contributed by atoms with Gasteiger partial charge in [0.05, 0.1) is 0 Å². The lowest BCUT2D eigenvalue weighted by Gasteiger charge is -2.18. The van der Waals surface area contributed by atoms with Crippen molar-refractivity contribution in [3.63, 3.8) is 0 Å². The standard InChI is InChI=1S/C77H118O6/c1-4-7-10-13-16-19-22-25-28-31-34-36-37-38-39-41-43-46-49-52-55-58-61-64-67-70-76(79)82-73-74(72-81-75(78)69-66-63-60-57-54-51-48-45-42-33-30-27-24-21-18-15-12-9-6-3)83-77(80)71-68-65-62-59-56-53-50-47-44-40-35-32-29-26-23-20-17-14-11-8-5-2/h7-12,16-21,25-30,34-36,38-40,42-43,45-47,50,56,59,74H,4-6,13-15,22-24,31-33,37,41,44,48-49,51-55,57-58,60-73H2,1-3H3/b10-7-,11-8-,12-9-,19-16-,20-17-,21-18-,28-25-,29-26-,30-27-,36-34-,39-38-,40-35-,45-42-,46-43-,50-47-,59-56-. The molecule has 0 aliphatic rings. The molecule has 0 bridgehead atoms. The fraction of sp³-hybridized carbons (Fsp3) is 0.545. The normalized spacial score (nSPS) is 13.4. The van der Waals surface area contributed by atoms with Crippen molar-refractivity contribution in [3.05, 3.63) is 194 Å². The fourth-order valence-corrected chi connectivity index (χ4v) is 8.26. The van der Waals surface area contributed by atoms with Crippen LogP contribution in [0.15, 0.2) is 194 Å². The van der Waals surface area contributed by atoms with Crippen molar-refractivity contribution < 1.29 is 28.6 Å². The van der Waals surface area contributed by atoms with Crippen LogP contribution in [0.4, 0.5) is 0 Å². The van der Waals surface area contributed by atoms with E-state index in [9.17, 15) is 14.4 Å². The molecule has 6 heteroatoms. The van der Waals surface area contributed by atoms with E-state index >= 15 is 0 Å². The van der Waals surface area contributed by atoms with Gasteiger partial charge in [-0.3, -0.25) is 14.4 Å². The summed E-state index contributed by atoms with van der Waals surface area (Å²) in [6, 6.07) is 0. The number of carbonyl (C=O) groups is 3. The molecule has 0 saturated carbocycles. The maximum absolute atomic E-state index is 12.9. The zero-order valence-electron chi connectivity index (χ0n) is 52.9. The van der Waals surface area contributed by atoms with E-state index in [1.165, 1.54) is 25.7 Å². The number of ether oxygens (including phenoxy) is 3. The van der Waals surface area contributed by atoms with E-state index in [0.717, 1.165) is 180 Å². The highest BCUT2D eigenvalue weighted by Crippen LogP contribution is 2.13. The summed E-state index contributed by atoms with van der Waals surface area (Å²) in [6.07, 6.45) is 104. The Bertz CT molecular complexity index is 1990. The molecule has 0 rings (SSSR count). The van der Waals surface area contributed by atoms with Crippen molar-refractivity contribution in [2.45, 2.75) is 258 Å². The zero-order valence-corrected chi connectivity index (χ0v) is 52.9. The molecule has 0 heterocycles. The smallest absolute Gasteiger partial charge is 0.306 e. The van der Waals surface area contributed by atoms with Crippen molar-refractivity contribution >= 4 is 17.9 Å². The van der Waals surface area contributed by atoms with Gasteiger partial charge in [-0.1, -0.05) is 267 Å². The van der Waals surface area contributed by atoms with Gasteiger partial charge in [0, 0.05) is 19.3 Å². The average molecular weight is 1140 g/mol. The van der Waals surface area contributed by atoms with E-state index in [1.807, 2.05) is 0 Å². The SMILES string of the molecule is CC/C=C\C/C=C\C/C=C\C/C=C\C/C=C\C/C=C\CCCCCCCCC(=O)OCC(COC(=O)CCCCCCCC/C=C\C/C=C\C/C=C\C/C=C\CC)OC(=O)CCCC/C=C\C/C=C\C/C=C\C/C=C\C/C=C\C/C=C\CC. The quantitative estimate of drug-likeness (QED) is 0.0261. The Balaban J connectivity index is 4.57. The second-order valence-electron chi connectivity index (χ2n) is 20.9. The van der Waals surface area contributed by atoms with Crippen LogP contribution in [0.2, 0.25) is 0 Å². The van der Waals surface area contributed by atoms with Crippen LogP contribution in [0.3, 0.4) is 0 Å². The second-order valence-corrected chi connectivity index (χ2v) is 20.9. The molecule has 1 atom stereocenters. The third kappa shape index (κ3) is 66.9. The number of unbranched alkanes of at least 4 members (excludes halogenated alkanes) is 14. The zero-order chi connectivity index (χ0) is 59.9. The number of rotatable bonds is 57. The topological polar surface area (TPSA) is 78.9 Å². The summed E-state index contributed by atoms with van der Waals surface area (Å²) in [5, 5.41) is 0. The highest BCUT2D eigenvalue weighted by molar-refractivity contribution is 5.71. The largest absolute Gasteiger partial charge is 0.462 e. The Morgan fingerprint density at radius 1 is 0.241 bits per heavy atom. The molecule has 0 aromatic rings. The Morgan fingerprint density at radius 2 is 0.434 bits per heavy atom. The summed E-state index contributed by atoms with van der Waals surface area (Å²) in [5.41, 5.74) is 0. The van der Waals surface area contributed by atoms with Gasteiger partial charge < -0.3 is 14.2 Å². The lowest BCUT2D eigenvalue weighted by atomic mass is 10.1. The number of esters is 3. The summed E-state index contributed by atoms with van der Waals surface area (Å²) in [6.45, 7) is 6.23. The molecule has 0 aromatic heterocycles. The van der Waals surface area contributed by atoms with Crippen LogP contribution in [0.1, 0.15) is 252 Å². The van der Waals surface area contributed by atoms with Gasteiger partial charge in [0.1, 0.15) is 13.2 Å². The van der Waals surface area contributed by atoms with Crippen molar-refractivity contribution in [1.29, 1.82) is 0 Å². The van der Waals surface area contributed by atoms with Crippen LogP contribution in [0.25, 0.3) is 0 Å². The predicted octanol–water partition coefficient (Wildman–Crippen LogP) is 23.0. The second kappa shape index (κ2) is 68.7. The molecule has 0 aliphatic carbocycles. The Hall–Kier alpha value is -5.75. The van der Waals surface area contributed by atoms with Crippen molar-refractivity contribution in [2.24, 2.45) is 0 Å². The highest BCUT2D eigenvalue weighted by atomic mass is 16.6. The lowest BCUT2D eigenvalue weighted by molar-refractivity contribution is -0.167. The summed E-state index contributed by atoms with van der Waals surface area (Å²) in [5.74, 6) is -0.997. The molecule has 0 aliphatic heterocycles. The van der Waals surface area contributed by atoms with Gasteiger partial charge in [0.15, 0.2) is 6.10 Å². The van der Waals surface area contributed by atoms with Crippen LogP contribution in [-0.2, 0) is 28.6 Å². The molecule has 0 fully saturated rings. The van der Waals surface area contributed by atoms with Gasteiger partial charge >= 0.3 is 17.9 Å². The van der Waals surface area contributed by atoms with E-state index in [-0.39, 0.29) is 37.5 Å². The number of carbonyl (C=O) groups excluding carboxylic acids is 3. The molecular formula is C77H118O6. The summed E-state index contributed by atoms with van der Waals surface area (Å²) >= 11 is 0. The van der Waals surface area contributed by atoms with Gasteiger partial charge in [-0.25, -0.2) is 0 Å². The summed E-state index contributed by atoms with van der Waals surface area (Å²) in [7, 11) is 0. The van der Waals surface area contributed by atoms with Gasteiger partial charge in [0.2, 0.25) is 0 Å². The first-order valence-electron chi connectivity index (χ1n) is 32.9. The molecular weight excluding hydrogens is 1020 g/mol. The van der Waals surface area contributed by atoms with Crippen LogP contribution in [0, 0.1) is 0 Å². The maximum Gasteiger partial charge on any atom is 0.306 e. The van der Waals surface area contributed by atoms with Gasteiger partial charge in [-0.15, -0.1) is 0 Å². The summed E-state index contributed by atoms with van der Waals surface area (Å²) in [4.78, 5) is 38.4. The highest BCUT2D eigenvalue weighted by Gasteiger charge is 2.19. The predicted molar refractivity (Wildman–Crippen MR) is 361 cm³/mol. The fourth-order valence-electron chi connectivity index (χ4n) is 8.26. The minimum atomic E-state index is -0.829. The minimum absolute atomic E-state index is 0.119. The van der Waals surface area contributed by atoms with E-state index in [4.69, 9.17) is 14.2 Å². The first kappa shape index (κ1) is 77.2. The summed E-state index contributed by atoms with van der Waals surface area (Å²) < 4.78 is 16.9. The van der Waals surface area contributed by atoms with Crippen molar-refractivity contribution in [1.82, 2.24) is 0 Å². The first-order valence-corrected chi connectivity index (χ1v) is 32.9. The van der Waals surface area contributed by atoms with Gasteiger partial charge in [0.25, 0.3) is 0 Å². The van der Waals surface area contributed by atoms with Crippen molar-refractivity contribution in [2.75, 3.05) is 13.2 Å². The third-order valence-electron chi connectivity index (χ3n) is 13.1. The van der Waals surface area contributed by atoms with E-state index in [1.54, 1.807) is 0 Å². The molecule has 1 unspecified atom stereocenters. The Labute approximate surface area is 509 Å². The van der Waals surface area contributed by atoms with Crippen LogP contribution < -0.4 is 0 Å². The van der Waals surface area contributed by atoms with Crippen LogP contribution >= 0.6 is 0 Å². The van der Waals surface area contributed by atoms with Crippen LogP contribution in [-0.4, -0.2) is 37.2 Å². The number of hydrogen-bond donors (Lipinski definition) is 0. The van der Waals surface area contributed by atoms with E-state index in [2.05, 4.69) is 215 Å². The lowest BCUT2D eigenvalue weighted by Crippen LogP contribution is -2.30. The molecule has 0 radical (unpaired) electrons. The monoisotopic (exact) mass is 1140 g/mol. The van der Waals surface area contributed by atoms with E-state index in [0.29, 0.717) is 19.3 Å².